The van der Waals surface area contributed by atoms with Gasteiger partial charge in [0.25, 0.3) is 0 Å². The van der Waals surface area contributed by atoms with E-state index in [-0.39, 0.29) is 11.5 Å². The third kappa shape index (κ3) is 3.99. The molecule has 0 aliphatic carbocycles. The van der Waals surface area contributed by atoms with E-state index in [0.29, 0.717) is 33.3 Å². The predicted octanol–water partition coefficient (Wildman–Crippen LogP) is 6.19. The van der Waals surface area contributed by atoms with E-state index >= 15 is 0 Å². The van der Waals surface area contributed by atoms with Crippen LogP contribution in [0, 0.1) is 0 Å². The fraction of sp³-hybridized carbons (Fsp3) is 0.125. The van der Waals surface area contributed by atoms with Crippen LogP contribution in [0.4, 0.5) is 13.2 Å². The summed E-state index contributed by atoms with van der Waals surface area (Å²) in [6.45, 7) is 1.48. The van der Waals surface area contributed by atoms with Crippen molar-refractivity contribution >= 4 is 16.7 Å². The number of carbonyl (C=O) groups is 1. The molecule has 0 saturated heterocycles. The standard InChI is InChI=1S/C24H17F3N2O2/c1-14(30)15-4-3-5-18(10-15)23-19-11-16(6-8-21(19)28-13-29-23)17-7-9-22(31-2)20(12-17)24(25,26)27/h3-13H,1-2H3. The molecule has 4 nitrogen and oxygen atoms in total. The van der Waals surface area contributed by atoms with Crippen LogP contribution in [0.3, 0.4) is 0 Å². The molecule has 0 aliphatic heterocycles. The Labute approximate surface area is 176 Å². The van der Waals surface area contributed by atoms with Gasteiger partial charge in [-0.15, -0.1) is 0 Å². The van der Waals surface area contributed by atoms with Crippen molar-refractivity contribution in [3.63, 3.8) is 0 Å². The number of ether oxygens (including phenoxy) is 1. The Balaban J connectivity index is 1.89. The van der Waals surface area contributed by atoms with Crippen molar-refractivity contribution in [3.8, 4) is 28.1 Å². The maximum absolute atomic E-state index is 13.4. The minimum Gasteiger partial charge on any atom is -0.496 e. The molecule has 0 amide bonds. The Kier molecular flexibility index (Phi) is 5.19. The fourth-order valence-corrected chi connectivity index (χ4v) is 3.46. The van der Waals surface area contributed by atoms with Crippen molar-refractivity contribution in [3.05, 3.63) is 78.1 Å². The lowest BCUT2D eigenvalue weighted by Crippen LogP contribution is -2.07. The third-order valence-corrected chi connectivity index (χ3v) is 5.02. The molecule has 0 N–H and O–H groups in total. The number of Topliss-reactive ketones (excluding diaryl/α,β-unsaturated/α-hetero) is 1. The second-order valence-corrected chi connectivity index (χ2v) is 7.00. The molecule has 4 rings (SSSR count). The molecule has 156 valence electrons. The molecule has 31 heavy (non-hydrogen) atoms. The maximum atomic E-state index is 13.4. The minimum absolute atomic E-state index is 0.0705. The molecule has 3 aromatic carbocycles. The smallest absolute Gasteiger partial charge is 0.419 e. The molecule has 0 fully saturated rings. The Bertz CT molecular complexity index is 1300. The number of methoxy groups -OCH3 is 1. The van der Waals surface area contributed by atoms with Gasteiger partial charge in [-0.2, -0.15) is 13.2 Å². The number of hydrogen-bond acceptors (Lipinski definition) is 4. The Hall–Kier alpha value is -3.74. The van der Waals surface area contributed by atoms with Crippen molar-refractivity contribution in [1.82, 2.24) is 9.97 Å². The number of nitrogens with zero attached hydrogens (tertiary/aromatic N) is 2. The summed E-state index contributed by atoms with van der Waals surface area (Å²) < 4.78 is 45.2. The number of ketones is 1. The van der Waals surface area contributed by atoms with Gasteiger partial charge in [0.15, 0.2) is 5.78 Å². The number of fused-ring (bicyclic) bond motifs is 1. The van der Waals surface area contributed by atoms with Gasteiger partial charge in [0, 0.05) is 16.5 Å². The van der Waals surface area contributed by atoms with E-state index in [1.54, 1.807) is 42.5 Å². The van der Waals surface area contributed by atoms with Crippen LogP contribution in [0.2, 0.25) is 0 Å². The first kappa shape index (κ1) is 20.5. The maximum Gasteiger partial charge on any atom is 0.419 e. The topological polar surface area (TPSA) is 52.1 Å². The van der Waals surface area contributed by atoms with E-state index < -0.39 is 11.7 Å². The first-order valence-electron chi connectivity index (χ1n) is 9.39. The first-order valence-corrected chi connectivity index (χ1v) is 9.39. The zero-order chi connectivity index (χ0) is 22.2. The molecule has 0 radical (unpaired) electrons. The van der Waals surface area contributed by atoms with E-state index in [9.17, 15) is 18.0 Å². The van der Waals surface area contributed by atoms with Crippen LogP contribution in [-0.4, -0.2) is 22.9 Å². The van der Waals surface area contributed by atoms with Crippen molar-refractivity contribution < 1.29 is 22.7 Å². The highest BCUT2D eigenvalue weighted by Crippen LogP contribution is 2.39. The molecule has 0 unspecified atom stereocenters. The number of aromatic nitrogens is 2. The second kappa shape index (κ2) is 7.83. The lowest BCUT2D eigenvalue weighted by Gasteiger charge is -2.14. The lowest BCUT2D eigenvalue weighted by molar-refractivity contribution is -0.138. The average Bonchev–Trinajstić information content (AvgIpc) is 2.77. The van der Waals surface area contributed by atoms with Gasteiger partial charge >= 0.3 is 6.18 Å². The van der Waals surface area contributed by atoms with Gasteiger partial charge in [-0.05, 0) is 48.4 Å². The first-order chi connectivity index (χ1) is 14.8. The number of rotatable bonds is 4. The summed E-state index contributed by atoms with van der Waals surface area (Å²) in [4.78, 5) is 20.4. The predicted molar refractivity (Wildman–Crippen MR) is 112 cm³/mol. The van der Waals surface area contributed by atoms with Gasteiger partial charge in [0.2, 0.25) is 0 Å². The number of carbonyl (C=O) groups excluding carboxylic acids is 1. The van der Waals surface area contributed by atoms with Crippen molar-refractivity contribution in [1.29, 1.82) is 0 Å². The van der Waals surface area contributed by atoms with Crippen LogP contribution in [0.1, 0.15) is 22.8 Å². The molecule has 4 aromatic rings. The van der Waals surface area contributed by atoms with Crippen molar-refractivity contribution in [2.75, 3.05) is 7.11 Å². The summed E-state index contributed by atoms with van der Waals surface area (Å²) in [5, 5.41) is 0.671. The molecular weight excluding hydrogens is 405 g/mol. The van der Waals surface area contributed by atoms with E-state index in [4.69, 9.17) is 4.74 Å². The average molecular weight is 422 g/mol. The van der Waals surface area contributed by atoms with Gasteiger partial charge in [0.05, 0.1) is 23.9 Å². The van der Waals surface area contributed by atoms with Crippen LogP contribution in [0.15, 0.2) is 67.0 Å². The Morgan fingerprint density at radius 3 is 2.35 bits per heavy atom. The summed E-state index contributed by atoms with van der Waals surface area (Å²) in [7, 11) is 1.21. The Morgan fingerprint density at radius 1 is 0.903 bits per heavy atom. The van der Waals surface area contributed by atoms with Gasteiger partial charge in [-0.1, -0.05) is 30.3 Å². The molecule has 1 aromatic heterocycles. The zero-order valence-corrected chi connectivity index (χ0v) is 16.7. The SMILES string of the molecule is COc1ccc(-c2ccc3ncnc(-c4cccc(C(C)=O)c4)c3c2)cc1C(F)(F)F. The van der Waals surface area contributed by atoms with Gasteiger partial charge in [-0.3, -0.25) is 4.79 Å². The quantitative estimate of drug-likeness (QED) is 0.368. The van der Waals surface area contributed by atoms with Crippen LogP contribution >= 0.6 is 0 Å². The van der Waals surface area contributed by atoms with E-state index in [2.05, 4.69) is 9.97 Å². The monoisotopic (exact) mass is 422 g/mol. The van der Waals surface area contributed by atoms with Crippen LogP contribution in [-0.2, 0) is 6.18 Å². The van der Waals surface area contributed by atoms with E-state index in [1.807, 2.05) is 6.07 Å². The molecule has 0 aliphatic rings. The molecule has 0 saturated carbocycles. The van der Waals surface area contributed by atoms with E-state index in [0.717, 1.165) is 11.6 Å². The Morgan fingerprint density at radius 2 is 1.65 bits per heavy atom. The fourth-order valence-electron chi connectivity index (χ4n) is 3.46. The highest BCUT2D eigenvalue weighted by atomic mass is 19.4. The minimum atomic E-state index is -4.54. The van der Waals surface area contributed by atoms with Gasteiger partial charge in [0.1, 0.15) is 12.1 Å². The molecule has 0 bridgehead atoms. The number of halogens is 3. The van der Waals surface area contributed by atoms with E-state index in [1.165, 1.54) is 26.4 Å². The summed E-state index contributed by atoms with van der Waals surface area (Å²) in [5.74, 6) is -0.305. The van der Waals surface area contributed by atoms with Crippen LogP contribution in [0.25, 0.3) is 33.3 Å². The van der Waals surface area contributed by atoms with Crippen molar-refractivity contribution in [2.45, 2.75) is 13.1 Å². The van der Waals surface area contributed by atoms with Crippen molar-refractivity contribution in [2.24, 2.45) is 0 Å². The van der Waals surface area contributed by atoms with Gasteiger partial charge < -0.3 is 4.74 Å². The molecule has 1 heterocycles. The highest BCUT2D eigenvalue weighted by molar-refractivity contribution is 5.98. The lowest BCUT2D eigenvalue weighted by atomic mass is 9.98. The highest BCUT2D eigenvalue weighted by Gasteiger charge is 2.34. The summed E-state index contributed by atoms with van der Waals surface area (Å²) >= 11 is 0. The molecule has 7 heteroatoms. The number of alkyl halides is 3. The summed E-state index contributed by atoms with van der Waals surface area (Å²) in [5.41, 5.74) is 2.65. The van der Waals surface area contributed by atoms with Crippen LogP contribution in [0.5, 0.6) is 5.75 Å². The molecule has 0 atom stereocenters. The normalized spacial score (nSPS) is 11.5. The number of benzene rings is 3. The van der Waals surface area contributed by atoms with Gasteiger partial charge in [-0.25, -0.2) is 9.97 Å². The largest absolute Gasteiger partial charge is 0.496 e. The summed E-state index contributed by atoms with van der Waals surface area (Å²) in [6, 6.07) is 16.2. The molecular formula is C24H17F3N2O2. The zero-order valence-electron chi connectivity index (χ0n) is 16.7. The second-order valence-electron chi connectivity index (χ2n) is 7.00. The number of hydrogen-bond donors (Lipinski definition) is 0. The molecule has 0 spiro atoms. The third-order valence-electron chi connectivity index (χ3n) is 5.02. The summed E-state index contributed by atoms with van der Waals surface area (Å²) in [6.07, 6.45) is -3.12. The van der Waals surface area contributed by atoms with Crippen LogP contribution < -0.4 is 4.74 Å².